The average Bonchev–Trinajstić information content (AvgIpc) is 3.94. The van der Waals surface area contributed by atoms with E-state index in [4.69, 9.17) is 0 Å². The first-order valence-electron chi connectivity index (χ1n) is 23.0. The van der Waals surface area contributed by atoms with Gasteiger partial charge in [-0.05, 0) is 152 Å². The van der Waals surface area contributed by atoms with E-state index in [1.807, 2.05) is 0 Å². The van der Waals surface area contributed by atoms with Crippen molar-refractivity contribution in [3.63, 3.8) is 0 Å². The monoisotopic (exact) mass is 810 g/mol. The zero-order chi connectivity index (χ0) is 42.0. The summed E-state index contributed by atoms with van der Waals surface area (Å²) < 4.78 is 0. The minimum Gasteiger partial charge on any atom is -0.341 e. The molecule has 1 unspecified atom stereocenters. The van der Waals surface area contributed by atoms with Gasteiger partial charge in [0, 0.05) is 40.4 Å². The van der Waals surface area contributed by atoms with E-state index in [1.165, 1.54) is 118 Å². The van der Waals surface area contributed by atoms with Gasteiger partial charge in [-0.25, -0.2) is 0 Å². The van der Waals surface area contributed by atoms with Crippen LogP contribution in [0.2, 0.25) is 0 Å². The van der Waals surface area contributed by atoms with Crippen LogP contribution in [0.5, 0.6) is 0 Å². The fourth-order valence-electron chi connectivity index (χ4n) is 12.5. The molecule has 2 nitrogen and oxygen atoms in total. The van der Waals surface area contributed by atoms with Crippen LogP contribution in [0.1, 0.15) is 94.3 Å². The number of hydrogen-bond acceptors (Lipinski definition) is 2. The Bertz CT molecular complexity index is 3160. The maximum atomic E-state index is 2.56. The number of para-hydroxylation sites is 3. The number of nitrogens with zero attached hydrogens (tertiary/aromatic N) is 2. The summed E-state index contributed by atoms with van der Waals surface area (Å²) in [6.45, 7) is 8.15. The molecule has 0 aromatic heterocycles. The van der Waals surface area contributed by atoms with Gasteiger partial charge in [-0.2, -0.15) is 0 Å². The summed E-state index contributed by atoms with van der Waals surface area (Å²) >= 11 is 0. The molecule has 2 heterocycles. The van der Waals surface area contributed by atoms with Gasteiger partial charge in [-0.3, -0.25) is 0 Å². The molecule has 3 aliphatic carbocycles. The van der Waals surface area contributed by atoms with Gasteiger partial charge in [0.05, 0.1) is 11.4 Å². The first-order chi connectivity index (χ1) is 30.9. The number of aryl methyl sites for hydroxylation is 1. The van der Waals surface area contributed by atoms with Crippen LogP contribution >= 0.6 is 0 Å². The van der Waals surface area contributed by atoms with Crippen molar-refractivity contribution in [3.05, 3.63) is 231 Å². The lowest BCUT2D eigenvalue weighted by atomic mass is 9.73. The van der Waals surface area contributed by atoms with E-state index in [2.05, 4.69) is 213 Å². The van der Waals surface area contributed by atoms with E-state index < -0.39 is 0 Å². The highest BCUT2D eigenvalue weighted by Gasteiger charge is 2.47. The van der Waals surface area contributed by atoms with Crippen molar-refractivity contribution in [2.45, 2.75) is 63.2 Å². The number of fused-ring (bicyclic) bond motifs is 12. The molecule has 0 amide bonds. The third-order valence-corrected chi connectivity index (χ3v) is 15.6. The van der Waals surface area contributed by atoms with Gasteiger partial charge in [-0.15, -0.1) is 0 Å². The van der Waals surface area contributed by atoms with Crippen LogP contribution in [0.3, 0.4) is 0 Å². The molecule has 304 valence electrons. The Morgan fingerprint density at radius 2 is 1.00 bits per heavy atom. The molecule has 5 aliphatic rings. The Morgan fingerprint density at radius 3 is 1.70 bits per heavy atom. The molecule has 8 aromatic carbocycles. The van der Waals surface area contributed by atoms with Crippen molar-refractivity contribution in [2.75, 3.05) is 16.3 Å². The van der Waals surface area contributed by atoms with Gasteiger partial charge >= 0.3 is 0 Å². The van der Waals surface area contributed by atoms with Crippen molar-refractivity contribution in [1.82, 2.24) is 0 Å². The van der Waals surface area contributed by atoms with Crippen LogP contribution in [0.15, 0.2) is 170 Å². The Morgan fingerprint density at radius 1 is 0.476 bits per heavy atom. The highest BCUT2D eigenvalue weighted by Crippen LogP contribution is 2.57. The van der Waals surface area contributed by atoms with Crippen LogP contribution < -0.4 is 9.80 Å². The summed E-state index contributed by atoms with van der Waals surface area (Å²) in [6, 6.07) is 64.9. The van der Waals surface area contributed by atoms with E-state index in [-0.39, 0.29) is 10.8 Å². The topological polar surface area (TPSA) is 6.48 Å². The van der Waals surface area contributed by atoms with Gasteiger partial charge in [0.25, 0.3) is 0 Å². The summed E-state index contributed by atoms with van der Waals surface area (Å²) in [4.78, 5) is 5.05. The molecule has 13 rings (SSSR count). The van der Waals surface area contributed by atoms with Crippen molar-refractivity contribution in [3.8, 4) is 22.3 Å². The van der Waals surface area contributed by atoms with Crippen molar-refractivity contribution >= 4 is 40.6 Å². The Balaban J connectivity index is 0.828. The second-order valence-electron chi connectivity index (χ2n) is 19.3. The van der Waals surface area contributed by atoms with Gasteiger partial charge < -0.3 is 9.80 Å². The number of anilines is 5. The second kappa shape index (κ2) is 13.5. The SMILES string of the molecule is CC1c2cc(C=Cc3ccc4c(c3)C3(Cc5ccccc5C3)c3cc(N5CCCc6ccccc65)ccc3-4)ccc2-c2ccc(N3c4ccccc4C(C)(C)c4ccccc43)cc21. The maximum absolute atomic E-state index is 2.56. The summed E-state index contributed by atoms with van der Waals surface area (Å²) in [5, 5.41) is 0. The molecule has 1 spiro atoms. The standard InChI is InChI=1S/C61H50N2/c1-39-51-33-40(24-28-47(51)48-30-27-46(35-52(39)48)63-58-20-10-7-17-53(58)60(2,3)54-18-8-11-21-59(54)63)22-23-41-25-29-49-50-31-26-45(62-32-12-16-42-13-6-9-19-57(42)62)36-56(50)61(55(49)34-41)37-43-14-4-5-15-44(43)38-61/h4-11,13-15,17-31,33-36,39H,12,16,32,37-38H2,1-3H3. The van der Waals surface area contributed by atoms with Gasteiger partial charge in [0.2, 0.25) is 0 Å². The minimum absolute atomic E-state index is 0.0762. The second-order valence-corrected chi connectivity index (χ2v) is 19.3. The fourth-order valence-corrected chi connectivity index (χ4v) is 12.5. The quantitative estimate of drug-likeness (QED) is 0.163. The normalized spacial score (nSPS) is 17.7. The molecular formula is C61H50N2. The lowest BCUT2D eigenvalue weighted by Crippen LogP contribution is -2.30. The predicted octanol–water partition coefficient (Wildman–Crippen LogP) is 15.2. The summed E-state index contributed by atoms with van der Waals surface area (Å²) in [7, 11) is 0. The van der Waals surface area contributed by atoms with Crippen molar-refractivity contribution in [2.24, 2.45) is 0 Å². The Kier molecular flexibility index (Phi) is 7.90. The molecule has 0 saturated carbocycles. The van der Waals surface area contributed by atoms with E-state index in [1.54, 1.807) is 0 Å². The Labute approximate surface area is 371 Å². The molecule has 0 N–H and O–H groups in total. The predicted molar refractivity (Wildman–Crippen MR) is 263 cm³/mol. The molecule has 0 saturated heterocycles. The molecular weight excluding hydrogens is 761 g/mol. The number of benzene rings is 8. The fraction of sp³-hybridized carbons (Fsp3) is 0.180. The van der Waals surface area contributed by atoms with Crippen molar-refractivity contribution < 1.29 is 0 Å². The third-order valence-electron chi connectivity index (χ3n) is 15.6. The molecule has 1 atom stereocenters. The van der Waals surface area contributed by atoms with Gasteiger partial charge in [0.1, 0.15) is 0 Å². The molecule has 63 heavy (non-hydrogen) atoms. The van der Waals surface area contributed by atoms with Crippen LogP contribution in [-0.4, -0.2) is 6.54 Å². The van der Waals surface area contributed by atoms with Crippen LogP contribution in [-0.2, 0) is 30.1 Å². The van der Waals surface area contributed by atoms with Crippen LogP contribution in [0.4, 0.5) is 28.4 Å². The maximum Gasteiger partial charge on any atom is 0.0502 e. The highest BCUT2D eigenvalue weighted by atomic mass is 15.2. The van der Waals surface area contributed by atoms with Crippen molar-refractivity contribution in [1.29, 1.82) is 0 Å². The highest BCUT2D eigenvalue weighted by molar-refractivity contribution is 5.90. The van der Waals surface area contributed by atoms with Crippen LogP contribution in [0.25, 0.3) is 34.4 Å². The molecule has 0 radical (unpaired) electrons. The lowest BCUT2D eigenvalue weighted by Gasteiger charge is -2.42. The molecule has 0 bridgehead atoms. The summed E-state index contributed by atoms with van der Waals surface area (Å²) in [5.41, 5.74) is 27.2. The first kappa shape index (κ1) is 36.7. The Hall–Kier alpha value is -6.90. The molecule has 0 fully saturated rings. The molecule has 8 aromatic rings. The third kappa shape index (κ3) is 5.37. The van der Waals surface area contributed by atoms with E-state index in [0.29, 0.717) is 5.92 Å². The van der Waals surface area contributed by atoms with E-state index >= 15 is 0 Å². The van der Waals surface area contributed by atoms with Gasteiger partial charge in [0.15, 0.2) is 0 Å². The lowest BCUT2D eigenvalue weighted by molar-refractivity contribution is 0.563. The summed E-state index contributed by atoms with van der Waals surface area (Å²) in [5.74, 6) is 0.292. The zero-order valence-corrected chi connectivity index (χ0v) is 36.3. The first-order valence-corrected chi connectivity index (χ1v) is 23.0. The smallest absolute Gasteiger partial charge is 0.0502 e. The molecule has 2 aliphatic heterocycles. The van der Waals surface area contributed by atoms with Crippen LogP contribution in [0, 0.1) is 0 Å². The minimum atomic E-state index is -0.0777. The molecule has 2 heteroatoms. The van der Waals surface area contributed by atoms with Gasteiger partial charge in [-0.1, -0.05) is 160 Å². The average molecular weight is 811 g/mol. The largest absolute Gasteiger partial charge is 0.341 e. The zero-order valence-electron chi connectivity index (χ0n) is 36.3. The number of rotatable bonds is 4. The number of hydrogen-bond donors (Lipinski definition) is 0. The van der Waals surface area contributed by atoms with E-state index in [0.717, 1.165) is 25.8 Å². The van der Waals surface area contributed by atoms with E-state index in [9.17, 15) is 0 Å². The summed E-state index contributed by atoms with van der Waals surface area (Å²) in [6.07, 6.45) is 9.08.